The molecule has 2 rings (SSSR count). The van der Waals surface area contributed by atoms with Crippen LogP contribution in [0.4, 0.5) is 5.69 Å². The first-order valence-corrected chi connectivity index (χ1v) is 7.85. The van der Waals surface area contributed by atoms with Gasteiger partial charge in [0.2, 0.25) is 0 Å². The summed E-state index contributed by atoms with van der Waals surface area (Å²) >= 11 is 8.47. The number of aromatic nitrogens is 1. The lowest BCUT2D eigenvalue weighted by Crippen LogP contribution is -2.08. The summed E-state index contributed by atoms with van der Waals surface area (Å²) in [5, 5.41) is 3.25. The number of hydrogen-bond acceptors (Lipinski definition) is 4. The monoisotopic (exact) mass is 428 g/mol. The Hall–Kier alpha value is -1.60. The molecule has 1 aromatic heterocycles. The standard InChI is InChI=1S/C16H14ClIN2O2/c1-9(2)19-13-8-12(10-4-6-11(18)7-5-10)20-15(14(13)17)16(21)22-3/h4-8H,1H2,2-3H3,(H,19,20). The number of esters is 1. The molecule has 1 aromatic carbocycles. The molecule has 0 spiro atoms. The van der Waals surface area contributed by atoms with Crippen LogP contribution in [0.1, 0.15) is 17.4 Å². The van der Waals surface area contributed by atoms with Crippen molar-refractivity contribution in [2.75, 3.05) is 12.4 Å². The maximum atomic E-state index is 11.9. The van der Waals surface area contributed by atoms with Crippen LogP contribution in [-0.4, -0.2) is 18.1 Å². The number of anilines is 1. The van der Waals surface area contributed by atoms with E-state index in [1.54, 1.807) is 13.0 Å². The predicted molar refractivity (Wildman–Crippen MR) is 97.2 cm³/mol. The Morgan fingerprint density at radius 3 is 2.55 bits per heavy atom. The van der Waals surface area contributed by atoms with Gasteiger partial charge in [-0.25, -0.2) is 9.78 Å². The molecule has 0 unspecified atom stereocenters. The Morgan fingerprint density at radius 2 is 2.00 bits per heavy atom. The highest BCUT2D eigenvalue weighted by Crippen LogP contribution is 2.31. The van der Waals surface area contributed by atoms with Crippen molar-refractivity contribution in [2.24, 2.45) is 0 Å². The second-order valence-corrected chi connectivity index (χ2v) is 6.25. The summed E-state index contributed by atoms with van der Waals surface area (Å²) in [6.45, 7) is 5.60. The molecule has 114 valence electrons. The highest BCUT2D eigenvalue weighted by molar-refractivity contribution is 14.1. The van der Waals surface area contributed by atoms with Crippen molar-refractivity contribution >= 4 is 45.8 Å². The molecule has 1 heterocycles. The van der Waals surface area contributed by atoms with Gasteiger partial charge in [-0.3, -0.25) is 0 Å². The van der Waals surface area contributed by atoms with Crippen LogP contribution in [-0.2, 0) is 4.74 Å². The Labute approximate surface area is 147 Å². The van der Waals surface area contributed by atoms with Gasteiger partial charge >= 0.3 is 5.97 Å². The highest BCUT2D eigenvalue weighted by Gasteiger charge is 2.18. The van der Waals surface area contributed by atoms with Crippen molar-refractivity contribution in [2.45, 2.75) is 6.92 Å². The fourth-order valence-electron chi connectivity index (χ4n) is 1.85. The zero-order valence-corrected chi connectivity index (χ0v) is 15.0. The average molecular weight is 429 g/mol. The third-order valence-electron chi connectivity index (χ3n) is 2.82. The molecular formula is C16H14ClIN2O2. The van der Waals surface area contributed by atoms with Gasteiger partial charge in [-0.2, -0.15) is 0 Å². The topological polar surface area (TPSA) is 51.2 Å². The normalized spacial score (nSPS) is 10.2. The van der Waals surface area contributed by atoms with Crippen molar-refractivity contribution < 1.29 is 9.53 Å². The molecule has 0 aliphatic rings. The van der Waals surface area contributed by atoms with Gasteiger partial charge in [-0.15, -0.1) is 0 Å². The lowest BCUT2D eigenvalue weighted by molar-refractivity contribution is 0.0594. The molecule has 0 aliphatic carbocycles. The summed E-state index contributed by atoms with van der Waals surface area (Å²) in [5.41, 5.74) is 2.86. The van der Waals surface area contributed by atoms with E-state index in [4.69, 9.17) is 16.3 Å². The van der Waals surface area contributed by atoms with E-state index in [2.05, 4.69) is 39.5 Å². The minimum Gasteiger partial charge on any atom is -0.464 e. The summed E-state index contributed by atoms with van der Waals surface area (Å²) in [6.07, 6.45) is 0. The van der Waals surface area contributed by atoms with Crippen LogP contribution in [0.15, 0.2) is 42.6 Å². The number of nitrogens with zero attached hydrogens (tertiary/aromatic N) is 1. The number of ether oxygens (including phenoxy) is 1. The maximum Gasteiger partial charge on any atom is 0.358 e. The quantitative estimate of drug-likeness (QED) is 0.565. The summed E-state index contributed by atoms with van der Waals surface area (Å²) < 4.78 is 5.86. The van der Waals surface area contributed by atoms with Crippen molar-refractivity contribution in [3.05, 3.63) is 56.9 Å². The number of nitrogens with one attached hydrogen (secondary N) is 1. The Balaban J connectivity index is 2.61. The SMILES string of the molecule is C=C(C)Nc1cc(-c2ccc(I)cc2)nc(C(=O)OC)c1Cl. The van der Waals surface area contributed by atoms with Crippen molar-refractivity contribution in [3.8, 4) is 11.3 Å². The van der Waals surface area contributed by atoms with E-state index >= 15 is 0 Å². The molecule has 0 radical (unpaired) electrons. The van der Waals surface area contributed by atoms with E-state index in [1.165, 1.54) is 7.11 Å². The largest absolute Gasteiger partial charge is 0.464 e. The number of pyridine rings is 1. The molecule has 1 N–H and O–H groups in total. The van der Waals surface area contributed by atoms with Gasteiger partial charge in [-0.05, 0) is 47.7 Å². The van der Waals surface area contributed by atoms with Gasteiger partial charge < -0.3 is 10.1 Å². The Kier molecular flexibility index (Phi) is 5.42. The van der Waals surface area contributed by atoms with Crippen LogP contribution in [0.2, 0.25) is 5.02 Å². The van der Waals surface area contributed by atoms with Gasteiger partial charge in [0.05, 0.1) is 23.5 Å². The molecular weight excluding hydrogens is 415 g/mol. The van der Waals surface area contributed by atoms with Gasteiger partial charge in [-0.1, -0.05) is 30.3 Å². The minimum atomic E-state index is -0.581. The summed E-state index contributed by atoms with van der Waals surface area (Å²) in [6, 6.07) is 9.59. The fraction of sp³-hybridized carbons (Fsp3) is 0.125. The van der Waals surface area contributed by atoms with E-state index in [-0.39, 0.29) is 10.7 Å². The number of methoxy groups -OCH3 is 1. The van der Waals surface area contributed by atoms with E-state index in [1.807, 2.05) is 24.3 Å². The summed E-state index contributed by atoms with van der Waals surface area (Å²) in [4.78, 5) is 16.2. The predicted octanol–water partition coefficient (Wildman–Crippen LogP) is 4.74. The first-order chi connectivity index (χ1) is 10.4. The summed E-state index contributed by atoms with van der Waals surface area (Å²) in [5.74, 6) is -0.581. The first kappa shape index (κ1) is 16.8. The van der Waals surface area contributed by atoms with Crippen LogP contribution in [0.5, 0.6) is 0 Å². The number of carbonyl (C=O) groups excluding carboxylic acids is 1. The van der Waals surface area contributed by atoms with Crippen LogP contribution in [0, 0.1) is 3.57 Å². The second kappa shape index (κ2) is 7.11. The highest BCUT2D eigenvalue weighted by atomic mass is 127. The van der Waals surface area contributed by atoms with E-state index in [9.17, 15) is 4.79 Å². The number of hydrogen-bond donors (Lipinski definition) is 1. The van der Waals surface area contributed by atoms with Gasteiger partial charge in [0.15, 0.2) is 5.69 Å². The molecule has 0 saturated carbocycles. The average Bonchev–Trinajstić information content (AvgIpc) is 2.49. The third-order valence-corrected chi connectivity index (χ3v) is 3.93. The molecule has 0 saturated heterocycles. The molecule has 6 heteroatoms. The Bertz CT molecular complexity index is 730. The number of carbonyl (C=O) groups is 1. The van der Waals surface area contributed by atoms with Gasteiger partial charge in [0.25, 0.3) is 0 Å². The smallest absolute Gasteiger partial charge is 0.358 e. The molecule has 0 fully saturated rings. The van der Waals surface area contributed by atoms with Crippen LogP contribution in [0.3, 0.4) is 0 Å². The number of allylic oxidation sites excluding steroid dienone is 1. The molecule has 22 heavy (non-hydrogen) atoms. The fourth-order valence-corrected chi connectivity index (χ4v) is 2.43. The molecule has 2 aromatic rings. The van der Waals surface area contributed by atoms with Crippen molar-refractivity contribution in [1.82, 2.24) is 4.98 Å². The van der Waals surface area contributed by atoms with E-state index < -0.39 is 5.97 Å². The van der Waals surface area contributed by atoms with Crippen LogP contribution < -0.4 is 5.32 Å². The molecule has 0 atom stereocenters. The first-order valence-electron chi connectivity index (χ1n) is 6.39. The molecule has 0 aliphatic heterocycles. The number of rotatable bonds is 4. The minimum absolute atomic E-state index is 0.0731. The molecule has 0 bridgehead atoms. The molecule has 4 nitrogen and oxygen atoms in total. The van der Waals surface area contributed by atoms with Crippen LogP contribution in [0.25, 0.3) is 11.3 Å². The zero-order valence-electron chi connectivity index (χ0n) is 12.1. The van der Waals surface area contributed by atoms with E-state index in [0.717, 1.165) is 9.13 Å². The van der Waals surface area contributed by atoms with Crippen molar-refractivity contribution in [1.29, 1.82) is 0 Å². The number of halogens is 2. The lowest BCUT2D eigenvalue weighted by atomic mass is 10.1. The van der Waals surface area contributed by atoms with Gasteiger partial charge in [0.1, 0.15) is 0 Å². The lowest BCUT2D eigenvalue weighted by Gasteiger charge is -2.13. The Morgan fingerprint density at radius 1 is 1.36 bits per heavy atom. The zero-order chi connectivity index (χ0) is 16.3. The maximum absolute atomic E-state index is 11.9. The molecule has 0 amide bonds. The van der Waals surface area contributed by atoms with Crippen molar-refractivity contribution in [3.63, 3.8) is 0 Å². The number of benzene rings is 1. The van der Waals surface area contributed by atoms with Crippen LogP contribution >= 0.6 is 34.2 Å². The third kappa shape index (κ3) is 3.78. The van der Waals surface area contributed by atoms with E-state index in [0.29, 0.717) is 17.1 Å². The van der Waals surface area contributed by atoms with Gasteiger partial charge in [0, 0.05) is 14.8 Å². The summed E-state index contributed by atoms with van der Waals surface area (Å²) in [7, 11) is 1.30. The second-order valence-electron chi connectivity index (χ2n) is 4.62.